The Kier molecular flexibility index (Phi) is 5.86. The van der Waals surface area contributed by atoms with Gasteiger partial charge in [-0.2, -0.15) is 5.10 Å². The summed E-state index contributed by atoms with van der Waals surface area (Å²) in [7, 11) is 0. The molecule has 0 spiro atoms. The fourth-order valence-electron chi connectivity index (χ4n) is 6.43. The Balaban J connectivity index is 1.53. The van der Waals surface area contributed by atoms with E-state index in [2.05, 4.69) is 48.2 Å². The molecule has 1 heterocycles. The monoisotopic (exact) mass is 499 g/mol. The summed E-state index contributed by atoms with van der Waals surface area (Å²) in [5, 5.41) is 14.5. The van der Waals surface area contributed by atoms with Crippen molar-refractivity contribution in [2.45, 2.75) is 38.7 Å². The molecule has 0 amide bonds. The first-order chi connectivity index (χ1) is 18.4. The second-order valence-electron chi connectivity index (χ2n) is 10.6. The van der Waals surface area contributed by atoms with Gasteiger partial charge in [0.15, 0.2) is 5.78 Å². The molecule has 0 bridgehead atoms. The molecule has 5 heteroatoms. The van der Waals surface area contributed by atoms with Crippen LogP contribution >= 0.6 is 0 Å². The lowest BCUT2D eigenvalue weighted by molar-refractivity contribution is -0.121. The van der Waals surface area contributed by atoms with E-state index >= 15 is 0 Å². The number of aliphatic hydroxyl groups is 1. The van der Waals surface area contributed by atoms with E-state index in [-0.39, 0.29) is 29.9 Å². The molecule has 0 aliphatic heterocycles. The predicted molar refractivity (Wildman–Crippen MR) is 148 cm³/mol. The van der Waals surface area contributed by atoms with Crippen LogP contribution in [0.15, 0.2) is 90.6 Å². The normalized spacial score (nSPS) is 22.3. The highest BCUT2D eigenvalue weighted by Gasteiger charge is 2.50. The Hall–Kier alpha value is -4.27. The molecule has 2 aliphatic rings. The van der Waals surface area contributed by atoms with Crippen molar-refractivity contribution < 1.29 is 9.90 Å². The summed E-state index contributed by atoms with van der Waals surface area (Å²) in [6.07, 6.45) is 3.63. The number of ketones is 1. The van der Waals surface area contributed by atoms with Crippen molar-refractivity contribution in [3.8, 4) is 28.1 Å². The van der Waals surface area contributed by atoms with Crippen molar-refractivity contribution in [1.82, 2.24) is 9.78 Å². The Morgan fingerprint density at radius 1 is 1.00 bits per heavy atom. The Morgan fingerprint density at radius 3 is 2.29 bits per heavy atom. The number of nitrogens with zero attached hydrogens (tertiary/aromatic N) is 3. The van der Waals surface area contributed by atoms with Crippen LogP contribution < -0.4 is 0 Å². The fraction of sp³-hybridized carbons (Fsp3) is 0.242. The van der Waals surface area contributed by atoms with Gasteiger partial charge in [0.25, 0.3) is 0 Å². The lowest BCUT2D eigenvalue weighted by atomic mass is 9.58. The Labute approximate surface area is 222 Å². The van der Waals surface area contributed by atoms with Crippen molar-refractivity contribution in [3.05, 3.63) is 119 Å². The predicted octanol–water partition coefficient (Wildman–Crippen LogP) is 6.54. The summed E-state index contributed by atoms with van der Waals surface area (Å²) < 4.78 is 2.04. The maximum Gasteiger partial charge on any atom is 0.226 e. The average molecular weight is 500 g/mol. The summed E-state index contributed by atoms with van der Waals surface area (Å²) in [5.74, 6) is -0.150. The first kappa shape index (κ1) is 24.1. The van der Waals surface area contributed by atoms with Gasteiger partial charge in [-0.1, -0.05) is 86.7 Å². The van der Waals surface area contributed by atoms with Gasteiger partial charge in [0.2, 0.25) is 5.70 Å². The highest BCUT2D eigenvalue weighted by atomic mass is 16.3. The zero-order valence-corrected chi connectivity index (χ0v) is 21.6. The minimum absolute atomic E-state index is 0.0288. The zero-order valence-electron chi connectivity index (χ0n) is 21.6. The number of rotatable bonds is 4. The summed E-state index contributed by atoms with van der Waals surface area (Å²) in [4.78, 5) is 16.6. The largest absolute Gasteiger partial charge is 0.392 e. The van der Waals surface area contributed by atoms with Gasteiger partial charge in [-0.05, 0) is 47.6 Å². The number of carbonyl (C=O) groups is 1. The van der Waals surface area contributed by atoms with Gasteiger partial charge in [0.05, 0.1) is 30.3 Å². The molecule has 0 saturated heterocycles. The number of aliphatic hydroxyl groups excluding tert-OH is 1. The van der Waals surface area contributed by atoms with Crippen LogP contribution in [-0.2, 0) is 23.2 Å². The molecule has 188 valence electrons. The lowest BCUT2D eigenvalue weighted by Gasteiger charge is -2.45. The minimum Gasteiger partial charge on any atom is -0.392 e. The van der Waals surface area contributed by atoms with Crippen LogP contribution in [0.5, 0.6) is 0 Å². The Morgan fingerprint density at radius 2 is 1.66 bits per heavy atom. The minimum atomic E-state index is -0.486. The quantitative estimate of drug-likeness (QED) is 0.324. The third-order valence-corrected chi connectivity index (χ3v) is 8.42. The van der Waals surface area contributed by atoms with Gasteiger partial charge < -0.3 is 9.90 Å². The fourth-order valence-corrected chi connectivity index (χ4v) is 6.43. The smallest absolute Gasteiger partial charge is 0.226 e. The van der Waals surface area contributed by atoms with Gasteiger partial charge in [-0.3, -0.25) is 0 Å². The van der Waals surface area contributed by atoms with Gasteiger partial charge in [-0.25, -0.2) is 9.53 Å². The van der Waals surface area contributed by atoms with E-state index in [1.165, 1.54) is 5.56 Å². The maximum absolute atomic E-state index is 12.9. The molecular weight excluding hydrogens is 470 g/mol. The highest BCUT2D eigenvalue weighted by molar-refractivity contribution is 6.00. The number of hydrogen-bond acceptors (Lipinski definition) is 3. The van der Waals surface area contributed by atoms with E-state index in [9.17, 15) is 9.90 Å². The van der Waals surface area contributed by atoms with Gasteiger partial charge in [-0.15, -0.1) is 0 Å². The van der Waals surface area contributed by atoms with E-state index in [0.717, 1.165) is 52.2 Å². The first-order valence-corrected chi connectivity index (χ1v) is 13.1. The van der Waals surface area contributed by atoms with E-state index in [4.69, 9.17) is 11.7 Å². The number of benzene rings is 3. The van der Waals surface area contributed by atoms with E-state index in [1.807, 2.05) is 60.1 Å². The molecule has 4 aromatic rings. The second kappa shape index (κ2) is 9.24. The van der Waals surface area contributed by atoms with Crippen LogP contribution in [0.1, 0.15) is 37.1 Å². The standard InChI is InChI=1S/C33H29N3O2/c1-21-28-18-17-27-30(25-7-5-4-6-8-25)35-36(32(27)33(28,2)19-29(34-3)31(21)38)26-15-13-24(14-16-26)23-11-9-22(20-37)10-12-23/h4-16,19,21,28,37H,17-18,20H2,1-2H3/t21-,28-,33-/m1/s1. The number of carbonyl (C=O) groups excluding carboxylic acids is 1. The van der Waals surface area contributed by atoms with Crippen molar-refractivity contribution in [1.29, 1.82) is 0 Å². The van der Waals surface area contributed by atoms with Crippen LogP contribution in [0, 0.1) is 18.4 Å². The van der Waals surface area contributed by atoms with Crippen molar-refractivity contribution in [3.63, 3.8) is 0 Å². The average Bonchev–Trinajstić information content (AvgIpc) is 3.37. The molecule has 1 N–H and O–H groups in total. The van der Waals surface area contributed by atoms with Crippen LogP contribution in [0.3, 0.4) is 0 Å². The maximum atomic E-state index is 12.9. The number of Topliss-reactive ketones (excluding diaryl/α,β-unsaturated/α-hetero) is 1. The topological polar surface area (TPSA) is 59.5 Å². The number of allylic oxidation sites excluding steroid dienone is 2. The highest BCUT2D eigenvalue weighted by Crippen LogP contribution is 2.52. The summed E-state index contributed by atoms with van der Waals surface area (Å²) in [5.41, 5.74) is 8.05. The van der Waals surface area contributed by atoms with Gasteiger partial charge in [0.1, 0.15) is 0 Å². The molecule has 0 unspecified atom stereocenters. The molecule has 0 fully saturated rings. The molecule has 1 aromatic heterocycles. The third-order valence-electron chi connectivity index (χ3n) is 8.42. The van der Waals surface area contributed by atoms with Gasteiger partial charge >= 0.3 is 0 Å². The van der Waals surface area contributed by atoms with Crippen LogP contribution in [0.25, 0.3) is 32.9 Å². The SMILES string of the molecule is [C-]#[N+]C1=C[C@@]2(C)c3c(c(-c4ccccc4)nn3-c3ccc(-c4ccc(CO)cc4)cc3)CC[C@@H]2[C@@H](C)C1=O. The summed E-state index contributed by atoms with van der Waals surface area (Å²) in [6.45, 7) is 11.9. The number of hydrogen-bond donors (Lipinski definition) is 1. The summed E-state index contributed by atoms with van der Waals surface area (Å²) in [6, 6.07) is 26.5. The van der Waals surface area contributed by atoms with E-state index in [0.29, 0.717) is 0 Å². The molecule has 38 heavy (non-hydrogen) atoms. The van der Waals surface area contributed by atoms with Crippen molar-refractivity contribution in [2.75, 3.05) is 0 Å². The first-order valence-electron chi connectivity index (χ1n) is 13.1. The van der Waals surface area contributed by atoms with Crippen molar-refractivity contribution in [2.24, 2.45) is 11.8 Å². The summed E-state index contributed by atoms with van der Waals surface area (Å²) >= 11 is 0. The van der Waals surface area contributed by atoms with E-state index < -0.39 is 5.41 Å². The molecule has 2 aliphatic carbocycles. The van der Waals surface area contributed by atoms with Gasteiger partial charge in [0, 0.05) is 22.5 Å². The molecule has 6 rings (SSSR count). The Bertz CT molecular complexity index is 1590. The number of aromatic nitrogens is 2. The third kappa shape index (κ3) is 3.72. The van der Waals surface area contributed by atoms with Crippen molar-refractivity contribution >= 4 is 5.78 Å². The molecule has 3 atom stereocenters. The molecule has 5 nitrogen and oxygen atoms in total. The molecule has 3 aromatic carbocycles. The van der Waals surface area contributed by atoms with Crippen LogP contribution in [-0.4, -0.2) is 20.7 Å². The van der Waals surface area contributed by atoms with E-state index in [1.54, 1.807) is 0 Å². The van der Waals surface area contributed by atoms with Crippen LogP contribution in [0.4, 0.5) is 0 Å². The molecule has 0 radical (unpaired) electrons. The lowest BCUT2D eigenvalue weighted by Crippen LogP contribution is -2.46. The second-order valence-corrected chi connectivity index (χ2v) is 10.6. The molecular formula is C33H29N3O2. The number of fused-ring (bicyclic) bond motifs is 3. The van der Waals surface area contributed by atoms with Crippen LogP contribution in [0.2, 0.25) is 0 Å². The molecule has 0 saturated carbocycles. The zero-order chi connectivity index (χ0) is 26.4.